The number of carbonyl (C=O) groups is 1. The average molecular weight is 344 g/mol. The molecule has 0 aliphatic carbocycles. The molecule has 0 radical (unpaired) electrons. The van der Waals surface area contributed by atoms with E-state index in [9.17, 15) is 4.79 Å². The largest absolute Gasteiger partial charge is 0.493 e. The second kappa shape index (κ2) is 8.82. The number of nitrogens with one attached hydrogen (secondary N) is 2. The molecule has 6 heteroatoms. The van der Waals surface area contributed by atoms with E-state index in [-0.39, 0.29) is 6.03 Å². The van der Waals surface area contributed by atoms with Crippen molar-refractivity contribution in [1.29, 1.82) is 0 Å². The standard InChI is InChI=1S/C19H24N2O4/c1-13-7-5-8-14(2)17(13)21-19(22)20-11-12-25-16-10-6-9-15(23-3)18(16)24-4/h5-10H,11-12H2,1-4H3,(H2,20,21,22). The predicted octanol–water partition coefficient (Wildman–Crippen LogP) is 3.52. The number of amides is 2. The second-order valence-corrected chi connectivity index (χ2v) is 5.49. The summed E-state index contributed by atoms with van der Waals surface area (Å²) >= 11 is 0. The van der Waals surface area contributed by atoms with Crippen LogP contribution >= 0.6 is 0 Å². The van der Waals surface area contributed by atoms with Gasteiger partial charge in [-0.2, -0.15) is 0 Å². The van der Waals surface area contributed by atoms with Crippen molar-refractivity contribution in [3.63, 3.8) is 0 Å². The molecule has 2 rings (SSSR count). The van der Waals surface area contributed by atoms with Crippen molar-refractivity contribution in [1.82, 2.24) is 5.32 Å². The molecule has 2 aromatic carbocycles. The Hall–Kier alpha value is -2.89. The van der Waals surface area contributed by atoms with Gasteiger partial charge in [0.2, 0.25) is 5.75 Å². The van der Waals surface area contributed by atoms with Crippen LogP contribution in [0.2, 0.25) is 0 Å². The molecule has 0 spiro atoms. The smallest absolute Gasteiger partial charge is 0.319 e. The first-order valence-corrected chi connectivity index (χ1v) is 8.01. The highest BCUT2D eigenvalue weighted by atomic mass is 16.5. The van der Waals surface area contributed by atoms with Crippen LogP contribution in [0.15, 0.2) is 36.4 Å². The summed E-state index contributed by atoms with van der Waals surface area (Å²) in [5.41, 5.74) is 2.87. The number of rotatable bonds is 7. The van der Waals surface area contributed by atoms with Gasteiger partial charge in [-0.15, -0.1) is 0 Å². The van der Waals surface area contributed by atoms with Gasteiger partial charge in [-0.3, -0.25) is 0 Å². The first-order chi connectivity index (χ1) is 12.1. The molecule has 2 aromatic rings. The van der Waals surface area contributed by atoms with Crippen molar-refractivity contribution in [2.45, 2.75) is 13.8 Å². The SMILES string of the molecule is COc1cccc(OCCNC(=O)Nc2c(C)cccc2C)c1OC. The van der Waals surface area contributed by atoms with Crippen LogP contribution in [0.3, 0.4) is 0 Å². The summed E-state index contributed by atoms with van der Waals surface area (Å²) in [6.45, 7) is 4.59. The van der Waals surface area contributed by atoms with Gasteiger partial charge in [0.1, 0.15) is 6.61 Å². The third-order valence-electron chi connectivity index (χ3n) is 3.73. The first kappa shape index (κ1) is 18.4. The molecular weight excluding hydrogens is 320 g/mol. The topological polar surface area (TPSA) is 68.8 Å². The number of ether oxygens (including phenoxy) is 3. The fourth-order valence-electron chi connectivity index (χ4n) is 2.47. The number of hydrogen-bond donors (Lipinski definition) is 2. The van der Waals surface area contributed by atoms with Crippen molar-refractivity contribution in [2.24, 2.45) is 0 Å². The highest BCUT2D eigenvalue weighted by Crippen LogP contribution is 2.36. The minimum atomic E-state index is -0.265. The maximum Gasteiger partial charge on any atom is 0.319 e. The Kier molecular flexibility index (Phi) is 6.51. The Balaban J connectivity index is 1.84. The second-order valence-electron chi connectivity index (χ2n) is 5.49. The maximum absolute atomic E-state index is 12.0. The van der Waals surface area contributed by atoms with E-state index < -0.39 is 0 Å². The van der Waals surface area contributed by atoms with Crippen LogP contribution in [-0.2, 0) is 0 Å². The number of aryl methyl sites for hydroxylation is 2. The Morgan fingerprint density at radius 2 is 1.60 bits per heavy atom. The molecule has 0 aliphatic heterocycles. The third kappa shape index (κ3) is 4.79. The lowest BCUT2D eigenvalue weighted by Crippen LogP contribution is -2.32. The molecule has 0 heterocycles. The number of para-hydroxylation sites is 2. The number of hydrogen-bond acceptors (Lipinski definition) is 4. The monoisotopic (exact) mass is 344 g/mol. The Labute approximate surface area is 148 Å². The molecule has 6 nitrogen and oxygen atoms in total. The molecule has 134 valence electrons. The van der Waals surface area contributed by atoms with Gasteiger partial charge in [-0.1, -0.05) is 24.3 Å². The van der Waals surface area contributed by atoms with E-state index in [1.807, 2.05) is 38.1 Å². The van der Waals surface area contributed by atoms with E-state index in [4.69, 9.17) is 14.2 Å². The molecule has 0 fully saturated rings. The lowest BCUT2D eigenvalue weighted by atomic mass is 10.1. The summed E-state index contributed by atoms with van der Waals surface area (Å²) in [6.07, 6.45) is 0. The van der Waals surface area contributed by atoms with Gasteiger partial charge < -0.3 is 24.8 Å². The van der Waals surface area contributed by atoms with Gasteiger partial charge in [0.05, 0.1) is 20.8 Å². The molecule has 0 bridgehead atoms. The van der Waals surface area contributed by atoms with E-state index in [0.717, 1.165) is 16.8 Å². The molecule has 0 unspecified atom stereocenters. The summed E-state index contributed by atoms with van der Waals surface area (Å²) in [4.78, 5) is 12.0. The molecular formula is C19H24N2O4. The molecule has 0 aromatic heterocycles. The van der Waals surface area contributed by atoms with Gasteiger partial charge in [0, 0.05) is 5.69 Å². The van der Waals surface area contributed by atoms with Gasteiger partial charge in [0.25, 0.3) is 0 Å². The number of benzene rings is 2. The molecule has 2 N–H and O–H groups in total. The minimum absolute atomic E-state index is 0.265. The lowest BCUT2D eigenvalue weighted by molar-refractivity contribution is 0.245. The fourth-order valence-corrected chi connectivity index (χ4v) is 2.47. The summed E-state index contributed by atoms with van der Waals surface area (Å²) in [7, 11) is 3.13. The normalized spacial score (nSPS) is 10.1. The van der Waals surface area contributed by atoms with E-state index >= 15 is 0 Å². The molecule has 0 aliphatic rings. The zero-order valence-electron chi connectivity index (χ0n) is 15.0. The maximum atomic E-state index is 12.0. The van der Waals surface area contributed by atoms with Crippen molar-refractivity contribution in [3.05, 3.63) is 47.5 Å². The number of anilines is 1. The quantitative estimate of drug-likeness (QED) is 0.754. The van der Waals surface area contributed by atoms with Crippen LogP contribution in [0.5, 0.6) is 17.2 Å². The zero-order valence-corrected chi connectivity index (χ0v) is 15.0. The van der Waals surface area contributed by atoms with Crippen LogP contribution < -0.4 is 24.8 Å². The molecule has 0 atom stereocenters. The Morgan fingerprint density at radius 3 is 2.24 bits per heavy atom. The van der Waals surface area contributed by atoms with E-state index in [2.05, 4.69) is 10.6 Å². The highest BCUT2D eigenvalue weighted by Gasteiger charge is 2.11. The summed E-state index contributed by atoms with van der Waals surface area (Å²) < 4.78 is 16.2. The van der Waals surface area contributed by atoms with Crippen LogP contribution in [0.4, 0.5) is 10.5 Å². The highest BCUT2D eigenvalue weighted by molar-refractivity contribution is 5.90. The number of methoxy groups -OCH3 is 2. The average Bonchev–Trinajstić information content (AvgIpc) is 2.61. The van der Waals surface area contributed by atoms with Crippen molar-refractivity contribution < 1.29 is 19.0 Å². The third-order valence-corrected chi connectivity index (χ3v) is 3.73. The van der Waals surface area contributed by atoms with Gasteiger partial charge in [0.15, 0.2) is 11.5 Å². The summed E-state index contributed by atoms with van der Waals surface area (Å²) in [5, 5.41) is 5.64. The molecule has 2 amide bonds. The van der Waals surface area contributed by atoms with Crippen molar-refractivity contribution >= 4 is 11.7 Å². The number of carbonyl (C=O) groups excluding carboxylic acids is 1. The summed E-state index contributed by atoms with van der Waals surface area (Å²) in [5.74, 6) is 1.70. The summed E-state index contributed by atoms with van der Waals surface area (Å²) in [6, 6.07) is 11.0. The van der Waals surface area contributed by atoms with Crippen LogP contribution in [-0.4, -0.2) is 33.4 Å². The number of urea groups is 1. The van der Waals surface area contributed by atoms with E-state index in [1.54, 1.807) is 26.4 Å². The van der Waals surface area contributed by atoms with Gasteiger partial charge in [-0.25, -0.2) is 4.79 Å². The Morgan fingerprint density at radius 1 is 0.960 bits per heavy atom. The molecule has 25 heavy (non-hydrogen) atoms. The van der Waals surface area contributed by atoms with Crippen LogP contribution in [0.1, 0.15) is 11.1 Å². The van der Waals surface area contributed by atoms with Crippen LogP contribution in [0, 0.1) is 13.8 Å². The Bertz CT molecular complexity index is 711. The van der Waals surface area contributed by atoms with Crippen LogP contribution in [0.25, 0.3) is 0 Å². The fraction of sp³-hybridized carbons (Fsp3) is 0.316. The van der Waals surface area contributed by atoms with Crippen molar-refractivity contribution in [3.8, 4) is 17.2 Å². The first-order valence-electron chi connectivity index (χ1n) is 8.01. The predicted molar refractivity (Wildman–Crippen MR) is 98.0 cm³/mol. The minimum Gasteiger partial charge on any atom is -0.493 e. The van der Waals surface area contributed by atoms with Crippen molar-refractivity contribution in [2.75, 3.05) is 32.7 Å². The van der Waals surface area contributed by atoms with E-state index in [0.29, 0.717) is 30.4 Å². The van der Waals surface area contributed by atoms with Gasteiger partial charge in [-0.05, 0) is 37.1 Å². The molecule has 0 saturated heterocycles. The van der Waals surface area contributed by atoms with E-state index in [1.165, 1.54) is 0 Å². The lowest BCUT2D eigenvalue weighted by Gasteiger charge is -2.14. The van der Waals surface area contributed by atoms with Gasteiger partial charge >= 0.3 is 6.03 Å². The zero-order chi connectivity index (χ0) is 18.2. The molecule has 0 saturated carbocycles.